The predicted octanol–water partition coefficient (Wildman–Crippen LogP) is 3.86. The number of hydrogen-bond donors (Lipinski definition) is 4. The molecule has 1 aliphatic heterocycles. The Morgan fingerprint density at radius 1 is 0.946 bits per heavy atom. The van der Waals surface area contributed by atoms with Crippen LogP contribution in [0.3, 0.4) is 0 Å². The molecule has 2 heterocycles. The number of aromatic hydroxyl groups is 3. The van der Waals surface area contributed by atoms with Gasteiger partial charge in [0, 0.05) is 23.3 Å². The zero-order valence-corrected chi connectivity index (χ0v) is 19.9. The van der Waals surface area contributed by atoms with Gasteiger partial charge in [0.2, 0.25) is 11.2 Å². The third kappa shape index (κ3) is 4.21. The standard InChI is InChI=1S/C27H24O10/c1-3-34-27-24(32)23-17(31)10-15(29)11-21(23)37-26(27)14-5-7-18-20(9-14)36-25(22(12-28)35-18)13-4-6-16(30)19(8-13)33-2/h4-11,22,25,28-31H,3,12H2,1-2H3. The van der Waals surface area contributed by atoms with Crippen molar-refractivity contribution >= 4 is 11.0 Å². The first-order valence-corrected chi connectivity index (χ1v) is 11.5. The molecule has 0 bridgehead atoms. The third-order valence-corrected chi connectivity index (χ3v) is 5.99. The van der Waals surface area contributed by atoms with E-state index in [1.807, 2.05) is 0 Å². The van der Waals surface area contributed by atoms with Crippen LogP contribution in [0, 0.1) is 0 Å². The van der Waals surface area contributed by atoms with Crippen molar-refractivity contribution in [3.8, 4) is 51.6 Å². The van der Waals surface area contributed by atoms with Crippen molar-refractivity contribution < 1.29 is 43.8 Å². The summed E-state index contributed by atoms with van der Waals surface area (Å²) in [5.74, 6) is 0.127. The van der Waals surface area contributed by atoms with Crippen molar-refractivity contribution in [1.29, 1.82) is 0 Å². The summed E-state index contributed by atoms with van der Waals surface area (Å²) in [6, 6.07) is 11.8. The van der Waals surface area contributed by atoms with E-state index in [0.29, 0.717) is 22.6 Å². The molecule has 2 unspecified atom stereocenters. The number of phenolic OH excluding ortho intramolecular Hbond substituents is 3. The van der Waals surface area contributed by atoms with Crippen molar-refractivity contribution in [2.45, 2.75) is 19.1 Å². The van der Waals surface area contributed by atoms with Crippen molar-refractivity contribution in [2.24, 2.45) is 0 Å². The van der Waals surface area contributed by atoms with E-state index in [1.165, 1.54) is 19.2 Å². The molecule has 3 aromatic carbocycles. The van der Waals surface area contributed by atoms with Gasteiger partial charge in [0.15, 0.2) is 41.0 Å². The second kappa shape index (κ2) is 9.47. The van der Waals surface area contributed by atoms with Crippen LogP contribution in [-0.4, -0.2) is 46.9 Å². The molecule has 2 atom stereocenters. The van der Waals surface area contributed by atoms with Gasteiger partial charge in [0.25, 0.3) is 0 Å². The Morgan fingerprint density at radius 2 is 1.76 bits per heavy atom. The maximum atomic E-state index is 13.2. The molecule has 4 aromatic rings. The summed E-state index contributed by atoms with van der Waals surface area (Å²) in [5.41, 5.74) is 0.394. The molecule has 0 saturated carbocycles. The number of ether oxygens (including phenoxy) is 4. The first-order chi connectivity index (χ1) is 17.8. The van der Waals surface area contributed by atoms with Crippen LogP contribution in [0.15, 0.2) is 57.7 Å². The molecule has 4 N–H and O–H groups in total. The molecule has 0 spiro atoms. The fourth-order valence-corrected chi connectivity index (χ4v) is 4.30. The molecule has 0 fully saturated rings. The van der Waals surface area contributed by atoms with Gasteiger partial charge < -0.3 is 43.8 Å². The molecule has 10 nitrogen and oxygen atoms in total. The van der Waals surface area contributed by atoms with Gasteiger partial charge in [0.05, 0.1) is 20.3 Å². The summed E-state index contributed by atoms with van der Waals surface area (Å²) >= 11 is 0. The van der Waals surface area contributed by atoms with Crippen LogP contribution in [0.4, 0.5) is 0 Å². The minimum absolute atomic E-state index is 0.0229. The normalized spacial score (nSPS) is 16.5. The lowest BCUT2D eigenvalue weighted by Crippen LogP contribution is -2.36. The van der Waals surface area contributed by atoms with Gasteiger partial charge in [0.1, 0.15) is 22.5 Å². The monoisotopic (exact) mass is 508 g/mol. The predicted molar refractivity (Wildman–Crippen MR) is 132 cm³/mol. The number of aliphatic hydroxyl groups is 1. The van der Waals surface area contributed by atoms with Gasteiger partial charge in [-0.3, -0.25) is 4.79 Å². The fourth-order valence-electron chi connectivity index (χ4n) is 4.30. The van der Waals surface area contributed by atoms with Gasteiger partial charge in [-0.05, 0) is 37.3 Å². The second-order valence-corrected chi connectivity index (χ2v) is 8.33. The van der Waals surface area contributed by atoms with E-state index < -0.39 is 23.4 Å². The lowest BCUT2D eigenvalue weighted by molar-refractivity contribution is -0.0123. The number of rotatable bonds is 6. The van der Waals surface area contributed by atoms with Crippen LogP contribution in [0.25, 0.3) is 22.3 Å². The van der Waals surface area contributed by atoms with Gasteiger partial charge in [-0.2, -0.15) is 0 Å². The Labute approximate surface area is 210 Å². The molecule has 1 aliphatic rings. The summed E-state index contributed by atoms with van der Waals surface area (Å²) < 4.78 is 28.9. The van der Waals surface area contributed by atoms with Crippen LogP contribution in [-0.2, 0) is 0 Å². The number of hydrogen-bond acceptors (Lipinski definition) is 10. The van der Waals surface area contributed by atoms with Gasteiger partial charge in [-0.25, -0.2) is 0 Å². The highest BCUT2D eigenvalue weighted by Gasteiger charge is 2.34. The minimum atomic E-state index is -0.744. The lowest BCUT2D eigenvalue weighted by atomic mass is 10.0. The van der Waals surface area contributed by atoms with Crippen LogP contribution < -0.4 is 24.4 Å². The lowest BCUT2D eigenvalue weighted by Gasteiger charge is -2.33. The van der Waals surface area contributed by atoms with Crippen molar-refractivity contribution in [2.75, 3.05) is 20.3 Å². The summed E-state index contributed by atoms with van der Waals surface area (Å²) in [7, 11) is 1.43. The Balaban J connectivity index is 1.62. The van der Waals surface area contributed by atoms with Crippen LogP contribution >= 0.6 is 0 Å². The Morgan fingerprint density at radius 3 is 2.49 bits per heavy atom. The molecule has 0 saturated heterocycles. The number of phenols is 3. The molecular formula is C27H24O10. The van der Waals surface area contributed by atoms with E-state index in [-0.39, 0.29) is 52.9 Å². The van der Waals surface area contributed by atoms with Crippen molar-refractivity contribution in [3.63, 3.8) is 0 Å². The quantitative estimate of drug-likeness (QED) is 0.303. The van der Waals surface area contributed by atoms with E-state index in [4.69, 9.17) is 23.4 Å². The highest BCUT2D eigenvalue weighted by Crippen LogP contribution is 2.44. The highest BCUT2D eigenvalue weighted by atomic mass is 16.6. The number of benzene rings is 3. The zero-order valence-electron chi connectivity index (χ0n) is 19.9. The van der Waals surface area contributed by atoms with Gasteiger partial charge in [-0.15, -0.1) is 0 Å². The van der Waals surface area contributed by atoms with Gasteiger partial charge in [-0.1, -0.05) is 6.07 Å². The molecule has 0 aliphatic carbocycles. The molecule has 192 valence electrons. The summed E-state index contributed by atoms with van der Waals surface area (Å²) in [4.78, 5) is 13.2. The Bertz CT molecular complexity index is 1540. The minimum Gasteiger partial charge on any atom is -0.508 e. The summed E-state index contributed by atoms with van der Waals surface area (Å²) in [5, 5.41) is 39.9. The molecule has 1 aromatic heterocycles. The molecule has 10 heteroatoms. The summed E-state index contributed by atoms with van der Waals surface area (Å²) in [6.45, 7) is 1.53. The topological polar surface area (TPSA) is 148 Å². The number of fused-ring (bicyclic) bond motifs is 2. The van der Waals surface area contributed by atoms with Crippen molar-refractivity contribution in [1.82, 2.24) is 0 Å². The smallest absolute Gasteiger partial charge is 0.239 e. The fraction of sp³-hybridized carbons (Fsp3) is 0.222. The Hall–Kier alpha value is -4.57. The van der Waals surface area contributed by atoms with Crippen molar-refractivity contribution in [3.05, 3.63) is 64.3 Å². The van der Waals surface area contributed by atoms with E-state index >= 15 is 0 Å². The van der Waals surface area contributed by atoms with Gasteiger partial charge >= 0.3 is 0 Å². The van der Waals surface area contributed by atoms with E-state index in [1.54, 1.807) is 37.3 Å². The SMILES string of the molecule is CCOc1c(-c2ccc3c(c2)OC(c2ccc(O)c(OC)c2)C(CO)O3)oc2cc(O)cc(O)c2c1=O. The molecule has 5 rings (SSSR count). The zero-order chi connectivity index (χ0) is 26.3. The molecular weight excluding hydrogens is 484 g/mol. The maximum Gasteiger partial charge on any atom is 0.239 e. The van der Waals surface area contributed by atoms with Crippen LogP contribution in [0.5, 0.6) is 40.2 Å². The third-order valence-electron chi connectivity index (χ3n) is 5.99. The van der Waals surface area contributed by atoms with E-state index in [2.05, 4.69) is 0 Å². The Kier molecular flexibility index (Phi) is 6.18. The average molecular weight is 508 g/mol. The first-order valence-electron chi connectivity index (χ1n) is 11.5. The van der Waals surface area contributed by atoms with E-state index in [9.17, 15) is 25.2 Å². The number of aliphatic hydroxyl groups excluding tert-OH is 1. The second-order valence-electron chi connectivity index (χ2n) is 8.33. The summed E-state index contributed by atoms with van der Waals surface area (Å²) in [6.07, 6.45) is -1.48. The average Bonchev–Trinajstić information content (AvgIpc) is 2.89. The maximum absolute atomic E-state index is 13.2. The van der Waals surface area contributed by atoms with Crippen LogP contribution in [0.1, 0.15) is 18.6 Å². The first kappa shape index (κ1) is 24.1. The highest BCUT2D eigenvalue weighted by molar-refractivity contribution is 5.88. The number of methoxy groups -OCH3 is 1. The molecule has 0 radical (unpaired) electrons. The largest absolute Gasteiger partial charge is 0.508 e. The van der Waals surface area contributed by atoms with Crippen LogP contribution in [0.2, 0.25) is 0 Å². The van der Waals surface area contributed by atoms with E-state index in [0.717, 1.165) is 6.07 Å². The molecule has 0 amide bonds. The molecule has 37 heavy (non-hydrogen) atoms.